The van der Waals surface area contributed by atoms with Crippen molar-refractivity contribution in [3.05, 3.63) is 28.0 Å². The summed E-state index contributed by atoms with van der Waals surface area (Å²) in [7, 11) is -3.11. The molecule has 1 aromatic heterocycles. The van der Waals surface area contributed by atoms with Crippen molar-refractivity contribution in [2.75, 3.05) is 11.5 Å². The number of hydrogen-bond donors (Lipinski definition) is 2. The number of nitrogens with one attached hydrogen (secondary N) is 2. The summed E-state index contributed by atoms with van der Waals surface area (Å²) in [6, 6.07) is 3.84. The van der Waals surface area contributed by atoms with E-state index < -0.39 is 27.6 Å². The molecule has 1 fully saturated rings. The fourth-order valence-electron chi connectivity index (χ4n) is 1.97. The fourth-order valence-corrected chi connectivity index (χ4v) is 4.49. The summed E-state index contributed by atoms with van der Waals surface area (Å²) in [5.74, 6) is -1.64. The van der Waals surface area contributed by atoms with E-state index in [4.69, 9.17) is 0 Å². The van der Waals surface area contributed by atoms with E-state index in [-0.39, 0.29) is 11.5 Å². The van der Waals surface area contributed by atoms with Crippen molar-refractivity contribution in [3.8, 4) is 0 Å². The lowest BCUT2D eigenvalue weighted by atomic mass is 10.1. The van der Waals surface area contributed by atoms with E-state index >= 15 is 0 Å². The first kappa shape index (κ1) is 15.7. The van der Waals surface area contributed by atoms with Gasteiger partial charge in [-0.15, -0.1) is 11.3 Å². The van der Waals surface area contributed by atoms with Gasteiger partial charge in [0.15, 0.2) is 9.84 Å². The van der Waals surface area contributed by atoms with Crippen LogP contribution < -0.4 is 10.9 Å². The molecule has 0 saturated carbocycles. The summed E-state index contributed by atoms with van der Waals surface area (Å²) in [4.78, 5) is 25.3. The van der Waals surface area contributed by atoms with Gasteiger partial charge in [0.25, 0.3) is 5.91 Å². The maximum absolute atomic E-state index is 11.7. The number of sulfone groups is 1. The van der Waals surface area contributed by atoms with Crippen molar-refractivity contribution in [2.45, 2.75) is 13.3 Å². The summed E-state index contributed by atoms with van der Waals surface area (Å²) in [5.41, 5.74) is 4.50. The molecule has 2 amide bonds. The van der Waals surface area contributed by atoms with E-state index in [9.17, 15) is 18.0 Å². The van der Waals surface area contributed by atoms with E-state index in [0.29, 0.717) is 6.42 Å². The predicted octanol–water partition coefficient (Wildman–Crippen LogP) is 0.652. The molecule has 1 saturated heterocycles. The molecule has 0 aromatic carbocycles. The van der Waals surface area contributed by atoms with Gasteiger partial charge in [0.2, 0.25) is 5.91 Å². The molecule has 1 aromatic rings. The largest absolute Gasteiger partial charge is 0.273 e. The zero-order valence-electron chi connectivity index (χ0n) is 11.5. The van der Waals surface area contributed by atoms with Gasteiger partial charge < -0.3 is 0 Å². The average Bonchev–Trinajstić information content (AvgIpc) is 2.99. The van der Waals surface area contributed by atoms with Crippen molar-refractivity contribution < 1.29 is 18.0 Å². The third-order valence-electron chi connectivity index (χ3n) is 3.07. The van der Waals surface area contributed by atoms with Gasteiger partial charge in [-0.3, -0.25) is 20.4 Å². The molecule has 0 radical (unpaired) electrons. The van der Waals surface area contributed by atoms with Crippen molar-refractivity contribution in [2.24, 2.45) is 5.92 Å². The normalized spacial score (nSPS) is 20.5. The second-order valence-electron chi connectivity index (χ2n) is 4.86. The lowest BCUT2D eigenvalue weighted by Gasteiger charge is -2.09. The Morgan fingerprint density at radius 3 is 2.67 bits per heavy atom. The van der Waals surface area contributed by atoms with E-state index in [1.165, 1.54) is 6.08 Å². The van der Waals surface area contributed by atoms with Gasteiger partial charge in [-0.25, -0.2) is 8.42 Å². The number of aryl methyl sites for hydroxylation is 1. The van der Waals surface area contributed by atoms with Crippen LogP contribution >= 0.6 is 11.3 Å². The quantitative estimate of drug-likeness (QED) is 0.629. The molecule has 0 bridgehead atoms. The molecule has 0 unspecified atom stereocenters. The van der Waals surface area contributed by atoms with Crippen LogP contribution in [0.4, 0.5) is 0 Å². The van der Waals surface area contributed by atoms with Gasteiger partial charge in [0.05, 0.1) is 17.4 Å². The Bertz CT molecular complexity index is 676. The Labute approximate surface area is 127 Å². The van der Waals surface area contributed by atoms with E-state index in [1.54, 1.807) is 17.4 Å². The maximum Gasteiger partial charge on any atom is 0.262 e. The molecule has 6 nitrogen and oxygen atoms in total. The SMILES string of the molecule is Cc1ccc(/C=C/C(=O)NNC(=O)[C@H]2CCS(=O)(=O)C2)s1. The van der Waals surface area contributed by atoms with Gasteiger partial charge in [-0.1, -0.05) is 0 Å². The molecule has 8 heteroatoms. The molecule has 0 aliphatic carbocycles. The molecule has 2 N–H and O–H groups in total. The molecular formula is C13H16N2O4S2. The minimum atomic E-state index is -3.11. The van der Waals surface area contributed by atoms with E-state index in [2.05, 4.69) is 10.9 Å². The van der Waals surface area contributed by atoms with E-state index in [0.717, 1.165) is 9.75 Å². The van der Waals surface area contributed by atoms with Crippen LogP contribution in [-0.2, 0) is 19.4 Å². The zero-order valence-corrected chi connectivity index (χ0v) is 13.1. The van der Waals surface area contributed by atoms with Gasteiger partial charge in [0, 0.05) is 15.8 Å². The molecular weight excluding hydrogens is 312 g/mol. The lowest BCUT2D eigenvalue weighted by Crippen LogP contribution is -2.44. The van der Waals surface area contributed by atoms with E-state index in [1.807, 2.05) is 19.1 Å². The van der Waals surface area contributed by atoms with Crippen molar-refractivity contribution >= 4 is 39.1 Å². The zero-order chi connectivity index (χ0) is 15.5. The number of carbonyl (C=O) groups excluding carboxylic acids is 2. The molecule has 1 atom stereocenters. The first-order valence-electron chi connectivity index (χ1n) is 6.40. The Balaban J connectivity index is 1.79. The molecule has 21 heavy (non-hydrogen) atoms. The summed E-state index contributed by atoms with van der Waals surface area (Å²) in [5, 5.41) is 0. The highest BCUT2D eigenvalue weighted by Gasteiger charge is 2.32. The lowest BCUT2D eigenvalue weighted by molar-refractivity contribution is -0.129. The Morgan fingerprint density at radius 1 is 1.33 bits per heavy atom. The molecule has 0 spiro atoms. The number of hydrazine groups is 1. The highest BCUT2D eigenvalue weighted by Crippen LogP contribution is 2.18. The van der Waals surface area contributed by atoms with Gasteiger partial charge in [-0.2, -0.15) is 0 Å². The second kappa shape index (κ2) is 6.40. The van der Waals surface area contributed by atoms with Crippen LogP contribution in [0.2, 0.25) is 0 Å². The smallest absolute Gasteiger partial charge is 0.262 e. The van der Waals surface area contributed by atoms with Gasteiger partial charge in [-0.05, 0) is 31.6 Å². The number of amides is 2. The minimum absolute atomic E-state index is 0.0245. The van der Waals surface area contributed by atoms with Crippen LogP contribution in [0.1, 0.15) is 16.2 Å². The average molecular weight is 328 g/mol. The number of carbonyl (C=O) groups is 2. The summed E-state index contributed by atoms with van der Waals surface area (Å²) in [6.45, 7) is 1.97. The standard InChI is InChI=1S/C13H16N2O4S2/c1-9-2-3-11(20-9)4-5-12(16)14-15-13(17)10-6-7-21(18,19)8-10/h2-5,10H,6-8H2,1H3,(H,14,16)(H,15,17)/b5-4+/t10-/m0/s1. The highest BCUT2D eigenvalue weighted by atomic mass is 32.2. The molecule has 2 rings (SSSR count). The molecule has 114 valence electrons. The van der Waals surface area contributed by atoms with Gasteiger partial charge in [0.1, 0.15) is 0 Å². The summed E-state index contributed by atoms with van der Waals surface area (Å²) >= 11 is 1.55. The van der Waals surface area contributed by atoms with Crippen LogP contribution in [0.25, 0.3) is 6.08 Å². The summed E-state index contributed by atoms with van der Waals surface area (Å²) < 4.78 is 22.5. The Morgan fingerprint density at radius 2 is 2.10 bits per heavy atom. The number of thiophene rings is 1. The minimum Gasteiger partial charge on any atom is -0.273 e. The number of hydrogen-bond acceptors (Lipinski definition) is 5. The molecule has 1 aliphatic rings. The van der Waals surface area contributed by atoms with Gasteiger partial charge >= 0.3 is 0 Å². The highest BCUT2D eigenvalue weighted by molar-refractivity contribution is 7.91. The predicted molar refractivity (Wildman–Crippen MR) is 81.1 cm³/mol. The Hall–Kier alpha value is -1.67. The fraction of sp³-hybridized carbons (Fsp3) is 0.385. The maximum atomic E-state index is 11.7. The third-order valence-corrected chi connectivity index (χ3v) is 5.81. The summed E-state index contributed by atoms with van der Waals surface area (Å²) in [6.07, 6.45) is 3.27. The second-order valence-corrected chi connectivity index (χ2v) is 8.41. The van der Waals surface area contributed by atoms with Crippen LogP contribution in [-0.4, -0.2) is 31.7 Å². The third kappa shape index (κ3) is 4.68. The first-order chi connectivity index (χ1) is 9.85. The monoisotopic (exact) mass is 328 g/mol. The number of rotatable bonds is 3. The van der Waals surface area contributed by atoms with Crippen molar-refractivity contribution in [3.63, 3.8) is 0 Å². The van der Waals surface area contributed by atoms with Crippen molar-refractivity contribution in [1.82, 2.24) is 10.9 Å². The molecule has 1 aliphatic heterocycles. The molecule has 2 heterocycles. The van der Waals surface area contributed by atoms with Crippen molar-refractivity contribution in [1.29, 1.82) is 0 Å². The van der Waals surface area contributed by atoms with Crippen LogP contribution in [0, 0.1) is 12.8 Å². The van der Waals surface area contributed by atoms with Crippen LogP contribution in [0.15, 0.2) is 18.2 Å². The van der Waals surface area contributed by atoms with Crippen LogP contribution in [0.5, 0.6) is 0 Å². The van der Waals surface area contributed by atoms with Crippen LogP contribution in [0.3, 0.4) is 0 Å². The first-order valence-corrected chi connectivity index (χ1v) is 9.04. The Kier molecular flexibility index (Phi) is 4.79. The topological polar surface area (TPSA) is 92.3 Å².